The number of hydrogen-bond acceptors (Lipinski definition) is 4. The van der Waals surface area contributed by atoms with Crippen LogP contribution in [0.2, 0.25) is 0 Å². The van der Waals surface area contributed by atoms with Gasteiger partial charge in [0.25, 0.3) is 0 Å². The van der Waals surface area contributed by atoms with E-state index in [0.717, 1.165) is 5.56 Å². The van der Waals surface area contributed by atoms with Crippen LogP contribution in [0.5, 0.6) is 0 Å². The van der Waals surface area contributed by atoms with Gasteiger partial charge in [-0.05, 0) is 36.5 Å². The van der Waals surface area contributed by atoms with Gasteiger partial charge in [0.05, 0.1) is 4.90 Å². The fraction of sp³-hybridized carbons (Fsp3) is 0.600. The van der Waals surface area contributed by atoms with Crippen molar-refractivity contribution in [2.75, 3.05) is 6.61 Å². The number of rotatable bonds is 6. The molecule has 0 aliphatic heterocycles. The van der Waals surface area contributed by atoms with E-state index in [1.807, 2.05) is 13.0 Å². The Bertz CT molecular complexity index is 565. The van der Waals surface area contributed by atoms with Crippen LogP contribution in [-0.4, -0.2) is 26.2 Å². The van der Waals surface area contributed by atoms with E-state index in [4.69, 9.17) is 5.14 Å². The normalized spacial score (nSPS) is 15.7. The van der Waals surface area contributed by atoms with Crippen LogP contribution < -0.4 is 10.5 Å². The summed E-state index contributed by atoms with van der Waals surface area (Å²) in [7, 11) is -3.69. The zero-order valence-corrected chi connectivity index (χ0v) is 13.9. The number of aliphatic hydroxyl groups is 1. The Kier molecular flexibility index (Phi) is 5.92. The van der Waals surface area contributed by atoms with Crippen molar-refractivity contribution in [3.63, 3.8) is 0 Å². The number of hydrogen-bond donors (Lipinski definition) is 3. The number of primary sulfonamides is 1. The lowest BCUT2D eigenvalue weighted by Crippen LogP contribution is -2.42. The molecule has 0 spiro atoms. The Labute approximate surface area is 127 Å². The second-order valence-electron chi connectivity index (χ2n) is 6.44. The summed E-state index contributed by atoms with van der Waals surface area (Å²) in [6.45, 7) is 8.40. The first-order chi connectivity index (χ1) is 9.55. The molecule has 1 rings (SSSR count). The lowest BCUT2D eigenvalue weighted by molar-refractivity contribution is 0.188. The summed E-state index contributed by atoms with van der Waals surface area (Å²) >= 11 is 0. The van der Waals surface area contributed by atoms with Gasteiger partial charge in [-0.25, -0.2) is 13.6 Å². The molecule has 0 amide bonds. The summed E-state index contributed by atoms with van der Waals surface area (Å²) in [6, 6.07) is 6.71. The van der Waals surface area contributed by atoms with E-state index in [9.17, 15) is 13.5 Å². The van der Waals surface area contributed by atoms with Crippen LogP contribution in [0.1, 0.15) is 45.7 Å². The minimum atomic E-state index is -3.69. The SMILES string of the molecule is CC(NC(CCO)C(C)(C)C)c1cccc(S(N)(=O)=O)c1. The van der Waals surface area contributed by atoms with Crippen molar-refractivity contribution in [2.24, 2.45) is 10.6 Å². The van der Waals surface area contributed by atoms with Crippen molar-refractivity contribution >= 4 is 10.0 Å². The lowest BCUT2D eigenvalue weighted by Gasteiger charge is -2.34. The number of aliphatic hydroxyl groups excluding tert-OH is 1. The summed E-state index contributed by atoms with van der Waals surface area (Å²) < 4.78 is 22.8. The summed E-state index contributed by atoms with van der Waals surface area (Å²) in [6.07, 6.45) is 0.642. The highest BCUT2D eigenvalue weighted by atomic mass is 32.2. The molecule has 0 radical (unpaired) electrons. The summed E-state index contributed by atoms with van der Waals surface area (Å²) in [5.74, 6) is 0. The van der Waals surface area contributed by atoms with Gasteiger partial charge in [-0.3, -0.25) is 0 Å². The van der Waals surface area contributed by atoms with E-state index in [1.165, 1.54) is 6.07 Å². The molecular weight excluding hydrogens is 288 g/mol. The monoisotopic (exact) mass is 314 g/mol. The van der Waals surface area contributed by atoms with Gasteiger partial charge >= 0.3 is 0 Å². The van der Waals surface area contributed by atoms with Crippen LogP contribution in [0, 0.1) is 5.41 Å². The minimum Gasteiger partial charge on any atom is -0.396 e. The number of benzene rings is 1. The third-order valence-corrected chi connectivity index (χ3v) is 4.51. The molecule has 0 heterocycles. The first-order valence-electron chi connectivity index (χ1n) is 7.05. The molecule has 0 aliphatic rings. The van der Waals surface area contributed by atoms with E-state index in [2.05, 4.69) is 26.1 Å². The van der Waals surface area contributed by atoms with Crippen molar-refractivity contribution in [3.05, 3.63) is 29.8 Å². The smallest absolute Gasteiger partial charge is 0.238 e. The lowest BCUT2D eigenvalue weighted by atomic mass is 9.84. The van der Waals surface area contributed by atoms with Crippen LogP contribution in [0.15, 0.2) is 29.2 Å². The van der Waals surface area contributed by atoms with Crippen LogP contribution in [0.3, 0.4) is 0 Å². The molecule has 5 nitrogen and oxygen atoms in total. The molecule has 1 aromatic rings. The van der Waals surface area contributed by atoms with Crippen molar-refractivity contribution in [2.45, 2.75) is 51.1 Å². The molecule has 0 fully saturated rings. The summed E-state index contributed by atoms with van der Waals surface area (Å²) in [5.41, 5.74) is 0.850. The van der Waals surface area contributed by atoms with Crippen LogP contribution in [0.4, 0.5) is 0 Å². The number of sulfonamides is 1. The summed E-state index contributed by atoms with van der Waals surface area (Å²) in [5, 5.41) is 17.8. The highest BCUT2D eigenvalue weighted by Crippen LogP contribution is 2.25. The second kappa shape index (κ2) is 6.87. The molecule has 0 saturated heterocycles. The topological polar surface area (TPSA) is 92.4 Å². The third kappa shape index (κ3) is 5.39. The van der Waals surface area contributed by atoms with E-state index < -0.39 is 10.0 Å². The fourth-order valence-electron chi connectivity index (χ4n) is 2.25. The quantitative estimate of drug-likeness (QED) is 0.746. The molecule has 6 heteroatoms. The third-order valence-electron chi connectivity index (χ3n) is 3.60. The molecule has 4 N–H and O–H groups in total. The molecule has 21 heavy (non-hydrogen) atoms. The second-order valence-corrected chi connectivity index (χ2v) is 8.00. The average molecular weight is 314 g/mol. The maximum Gasteiger partial charge on any atom is 0.238 e. The van der Waals surface area contributed by atoms with E-state index in [-0.39, 0.29) is 29.0 Å². The molecule has 1 aromatic carbocycles. The summed E-state index contributed by atoms with van der Waals surface area (Å²) in [4.78, 5) is 0.114. The highest BCUT2D eigenvalue weighted by Gasteiger charge is 2.25. The van der Waals surface area contributed by atoms with Gasteiger partial charge < -0.3 is 10.4 Å². The highest BCUT2D eigenvalue weighted by molar-refractivity contribution is 7.89. The molecule has 120 valence electrons. The fourth-order valence-corrected chi connectivity index (χ4v) is 2.82. The zero-order valence-electron chi connectivity index (χ0n) is 13.1. The largest absolute Gasteiger partial charge is 0.396 e. The predicted octanol–water partition coefficient (Wildman–Crippen LogP) is 1.78. The Morgan fingerprint density at radius 2 is 1.95 bits per heavy atom. The first kappa shape index (κ1) is 18.1. The van der Waals surface area contributed by atoms with Gasteiger partial charge in [-0.1, -0.05) is 32.9 Å². The van der Waals surface area contributed by atoms with Crippen LogP contribution in [-0.2, 0) is 10.0 Å². The Hall–Kier alpha value is -0.950. The van der Waals surface area contributed by atoms with Crippen molar-refractivity contribution in [3.8, 4) is 0 Å². The standard InChI is InChI=1S/C15H26N2O3S/c1-11(17-14(8-9-18)15(2,3)4)12-6-5-7-13(10-12)21(16,19)20/h5-7,10-11,14,17-18H,8-9H2,1-4H3,(H2,16,19,20). The molecule has 2 unspecified atom stereocenters. The number of nitrogens with two attached hydrogens (primary N) is 1. The predicted molar refractivity (Wildman–Crippen MR) is 84.3 cm³/mol. The van der Waals surface area contributed by atoms with E-state index in [0.29, 0.717) is 6.42 Å². The molecule has 2 atom stereocenters. The van der Waals surface area contributed by atoms with Gasteiger partial charge in [-0.2, -0.15) is 0 Å². The molecule has 0 bridgehead atoms. The Morgan fingerprint density at radius 3 is 2.43 bits per heavy atom. The van der Waals surface area contributed by atoms with E-state index >= 15 is 0 Å². The molecule has 0 aliphatic carbocycles. The minimum absolute atomic E-state index is 0.00541. The molecular formula is C15H26N2O3S. The maximum absolute atomic E-state index is 11.4. The number of nitrogens with one attached hydrogen (secondary N) is 1. The van der Waals surface area contributed by atoms with Gasteiger partial charge in [-0.15, -0.1) is 0 Å². The van der Waals surface area contributed by atoms with Crippen molar-refractivity contribution < 1.29 is 13.5 Å². The Balaban J connectivity index is 2.95. The van der Waals surface area contributed by atoms with E-state index in [1.54, 1.807) is 12.1 Å². The average Bonchev–Trinajstić information content (AvgIpc) is 2.36. The zero-order chi connectivity index (χ0) is 16.3. The molecule has 0 saturated carbocycles. The van der Waals surface area contributed by atoms with Crippen LogP contribution in [0.25, 0.3) is 0 Å². The van der Waals surface area contributed by atoms with Gasteiger partial charge in [0.15, 0.2) is 0 Å². The first-order valence-corrected chi connectivity index (χ1v) is 8.60. The van der Waals surface area contributed by atoms with Gasteiger partial charge in [0.2, 0.25) is 10.0 Å². The Morgan fingerprint density at radius 1 is 1.33 bits per heavy atom. The van der Waals surface area contributed by atoms with Crippen LogP contribution >= 0.6 is 0 Å². The van der Waals surface area contributed by atoms with Crippen molar-refractivity contribution in [1.82, 2.24) is 5.32 Å². The maximum atomic E-state index is 11.4. The van der Waals surface area contributed by atoms with Crippen molar-refractivity contribution in [1.29, 1.82) is 0 Å². The van der Waals surface area contributed by atoms with Gasteiger partial charge in [0, 0.05) is 18.7 Å². The molecule has 0 aromatic heterocycles. The van der Waals surface area contributed by atoms with Gasteiger partial charge in [0.1, 0.15) is 0 Å².